The maximum absolute atomic E-state index is 12.8. The van der Waals surface area contributed by atoms with Crippen LogP contribution in [0.5, 0.6) is 5.75 Å². The van der Waals surface area contributed by atoms with Crippen molar-refractivity contribution in [2.45, 2.75) is 31.7 Å². The second kappa shape index (κ2) is 9.73. The topological polar surface area (TPSA) is 61.7 Å². The lowest BCUT2D eigenvalue weighted by atomic mass is 10.0. The summed E-state index contributed by atoms with van der Waals surface area (Å²) in [7, 11) is 0. The average molecular weight is 383 g/mol. The SMILES string of the molecule is CC(Cc1ccc(OCCO)cc1)NCC(O)c1cccc(C(F)(F)F)c1. The molecular formula is C20H24F3NO3. The van der Waals surface area contributed by atoms with E-state index in [2.05, 4.69) is 5.32 Å². The highest BCUT2D eigenvalue weighted by atomic mass is 19.4. The van der Waals surface area contributed by atoms with Crippen LogP contribution < -0.4 is 10.1 Å². The molecule has 0 aliphatic rings. The van der Waals surface area contributed by atoms with Crippen molar-refractivity contribution in [3.8, 4) is 5.75 Å². The molecule has 0 spiro atoms. The van der Waals surface area contributed by atoms with Gasteiger partial charge in [-0.3, -0.25) is 0 Å². The van der Waals surface area contributed by atoms with Crippen molar-refractivity contribution in [3.63, 3.8) is 0 Å². The molecule has 7 heteroatoms. The fourth-order valence-electron chi connectivity index (χ4n) is 2.66. The first kappa shape index (κ1) is 21.2. The van der Waals surface area contributed by atoms with E-state index in [0.29, 0.717) is 12.2 Å². The Bertz CT molecular complexity index is 704. The first-order valence-corrected chi connectivity index (χ1v) is 8.71. The first-order valence-electron chi connectivity index (χ1n) is 8.71. The number of ether oxygens (including phenoxy) is 1. The molecule has 0 fully saturated rings. The summed E-state index contributed by atoms with van der Waals surface area (Å²) in [5, 5.41) is 22.1. The van der Waals surface area contributed by atoms with Gasteiger partial charge in [-0.25, -0.2) is 0 Å². The Labute approximate surface area is 156 Å². The molecule has 0 saturated heterocycles. The zero-order chi connectivity index (χ0) is 19.9. The van der Waals surface area contributed by atoms with Gasteiger partial charge in [-0.1, -0.05) is 24.3 Å². The van der Waals surface area contributed by atoms with Gasteiger partial charge >= 0.3 is 6.18 Å². The molecule has 3 N–H and O–H groups in total. The van der Waals surface area contributed by atoms with E-state index >= 15 is 0 Å². The number of aliphatic hydroxyl groups excluding tert-OH is 2. The van der Waals surface area contributed by atoms with Crippen molar-refractivity contribution in [2.75, 3.05) is 19.8 Å². The molecule has 148 valence electrons. The zero-order valence-corrected chi connectivity index (χ0v) is 15.0. The highest BCUT2D eigenvalue weighted by Crippen LogP contribution is 2.30. The molecule has 2 aromatic rings. The summed E-state index contributed by atoms with van der Waals surface area (Å²) >= 11 is 0. The predicted molar refractivity (Wildman–Crippen MR) is 96.6 cm³/mol. The van der Waals surface area contributed by atoms with E-state index in [4.69, 9.17) is 9.84 Å². The van der Waals surface area contributed by atoms with Gasteiger partial charge < -0.3 is 20.3 Å². The maximum atomic E-state index is 12.8. The lowest BCUT2D eigenvalue weighted by molar-refractivity contribution is -0.137. The molecule has 27 heavy (non-hydrogen) atoms. The number of halogens is 3. The van der Waals surface area contributed by atoms with Crippen molar-refractivity contribution in [1.82, 2.24) is 5.32 Å². The predicted octanol–water partition coefficient (Wildman–Crippen LogP) is 3.33. The Balaban J connectivity index is 1.85. The average Bonchev–Trinajstić information content (AvgIpc) is 2.65. The van der Waals surface area contributed by atoms with Gasteiger partial charge in [0.05, 0.1) is 18.3 Å². The molecule has 2 rings (SSSR count). The lowest BCUT2D eigenvalue weighted by Crippen LogP contribution is -2.32. The van der Waals surface area contributed by atoms with Crippen LogP contribution in [0.1, 0.15) is 29.7 Å². The largest absolute Gasteiger partial charge is 0.491 e. The number of aliphatic hydroxyl groups is 2. The van der Waals surface area contributed by atoms with Crippen LogP contribution in [0.3, 0.4) is 0 Å². The minimum Gasteiger partial charge on any atom is -0.491 e. The number of hydrogen-bond donors (Lipinski definition) is 3. The van der Waals surface area contributed by atoms with E-state index in [1.807, 2.05) is 31.2 Å². The molecule has 0 aliphatic carbocycles. The Hall–Kier alpha value is -2.09. The molecule has 0 aliphatic heterocycles. The Morgan fingerprint density at radius 2 is 1.81 bits per heavy atom. The second-order valence-electron chi connectivity index (χ2n) is 6.37. The molecule has 2 aromatic carbocycles. The van der Waals surface area contributed by atoms with Crippen LogP contribution in [-0.4, -0.2) is 36.0 Å². The zero-order valence-electron chi connectivity index (χ0n) is 15.0. The van der Waals surface area contributed by atoms with Crippen LogP contribution in [0.4, 0.5) is 13.2 Å². The summed E-state index contributed by atoms with van der Waals surface area (Å²) in [5.74, 6) is 0.674. The van der Waals surface area contributed by atoms with E-state index in [0.717, 1.165) is 17.7 Å². The van der Waals surface area contributed by atoms with E-state index < -0.39 is 17.8 Å². The second-order valence-corrected chi connectivity index (χ2v) is 6.37. The highest BCUT2D eigenvalue weighted by molar-refractivity contribution is 5.28. The summed E-state index contributed by atoms with van der Waals surface area (Å²) in [5.41, 5.74) is 0.519. The number of benzene rings is 2. The van der Waals surface area contributed by atoms with Crippen molar-refractivity contribution in [2.24, 2.45) is 0 Å². The molecule has 4 nitrogen and oxygen atoms in total. The van der Waals surface area contributed by atoms with Crippen molar-refractivity contribution < 1.29 is 28.1 Å². The first-order chi connectivity index (χ1) is 12.8. The molecule has 0 heterocycles. The van der Waals surface area contributed by atoms with E-state index in [9.17, 15) is 18.3 Å². The Morgan fingerprint density at radius 1 is 1.11 bits per heavy atom. The number of nitrogens with one attached hydrogen (secondary N) is 1. The van der Waals surface area contributed by atoms with Gasteiger partial charge in [-0.05, 0) is 48.7 Å². The molecule has 2 unspecified atom stereocenters. The fourth-order valence-corrected chi connectivity index (χ4v) is 2.66. The van der Waals surface area contributed by atoms with Gasteiger partial charge in [-0.2, -0.15) is 13.2 Å². The minimum absolute atomic E-state index is 0.0228. The standard InChI is InChI=1S/C20H24F3NO3/c1-14(11-15-5-7-18(8-6-15)27-10-9-25)24-13-19(26)16-3-2-4-17(12-16)20(21,22)23/h2-8,12,14,19,24-26H,9-11,13H2,1H3. The summed E-state index contributed by atoms with van der Waals surface area (Å²) in [6.45, 7) is 2.29. The lowest BCUT2D eigenvalue weighted by Gasteiger charge is -2.18. The number of hydrogen-bond acceptors (Lipinski definition) is 4. The molecule has 0 bridgehead atoms. The van der Waals surface area contributed by atoms with Crippen LogP contribution in [0.25, 0.3) is 0 Å². The summed E-state index contributed by atoms with van der Waals surface area (Å²) in [4.78, 5) is 0. The molecular weight excluding hydrogens is 359 g/mol. The highest BCUT2D eigenvalue weighted by Gasteiger charge is 2.30. The van der Waals surface area contributed by atoms with Gasteiger partial charge in [0, 0.05) is 12.6 Å². The summed E-state index contributed by atoms with van der Waals surface area (Å²) in [6.07, 6.45) is -4.76. The maximum Gasteiger partial charge on any atom is 0.416 e. The van der Waals surface area contributed by atoms with Gasteiger partial charge in [0.25, 0.3) is 0 Å². The smallest absolute Gasteiger partial charge is 0.416 e. The Morgan fingerprint density at radius 3 is 2.44 bits per heavy atom. The fraction of sp³-hybridized carbons (Fsp3) is 0.400. The third kappa shape index (κ3) is 6.86. The summed E-state index contributed by atoms with van der Waals surface area (Å²) in [6, 6.07) is 12.2. The van der Waals surface area contributed by atoms with Gasteiger partial charge in [0.1, 0.15) is 12.4 Å². The van der Waals surface area contributed by atoms with Gasteiger partial charge in [0.15, 0.2) is 0 Å². The number of rotatable bonds is 9. The molecule has 0 radical (unpaired) electrons. The van der Waals surface area contributed by atoms with Gasteiger partial charge in [-0.15, -0.1) is 0 Å². The molecule has 0 amide bonds. The third-order valence-electron chi connectivity index (χ3n) is 4.08. The van der Waals surface area contributed by atoms with E-state index in [1.54, 1.807) is 0 Å². The van der Waals surface area contributed by atoms with Crippen molar-refractivity contribution in [1.29, 1.82) is 0 Å². The quantitative estimate of drug-likeness (QED) is 0.622. The molecule has 0 saturated carbocycles. The summed E-state index contributed by atoms with van der Waals surface area (Å²) < 4.78 is 43.6. The monoisotopic (exact) mass is 383 g/mol. The number of alkyl halides is 3. The minimum atomic E-state index is -4.43. The normalized spacial score (nSPS) is 14.0. The molecule has 2 atom stereocenters. The van der Waals surface area contributed by atoms with Crippen LogP contribution in [-0.2, 0) is 12.6 Å². The van der Waals surface area contributed by atoms with Crippen LogP contribution in [0.15, 0.2) is 48.5 Å². The van der Waals surface area contributed by atoms with Crippen LogP contribution in [0.2, 0.25) is 0 Å². The van der Waals surface area contributed by atoms with Crippen LogP contribution in [0, 0.1) is 0 Å². The van der Waals surface area contributed by atoms with E-state index in [-0.39, 0.29) is 31.4 Å². The van der Waals surface area contributed by atoms with Crippen LogP contribution >= 0.6 is 0 Å². The van der Waals surface area contributed by atoms with E-state index in [1.165, 1.54) is 12.1 Å². The molecule has 0 aromatic heterocycles. The van der Waals surface area contributed by atoms with Gasteiger partial charge in [0.2, 0.25) is 0 Å². The van der Waals surface area contributed by atoms with Crippen molar-refractivity contribution >= 4 is 0 Å². The Kier molecular flexibility index (Phi) is 7.65. The third-order valence-corrected chi connectivity index (χ3v) is 4.08. The van der Waals surface area contributed by atoms with Crippen molar-refractivity contribution in [3.05, 3.63) is 65.2 Å².